The number of benzene rings is 1. The van der Waals surface area contributed by atoms with Gasteiger partial charge in [0.1, 0.15) is 7.11 Å². The molecule has 5 heteroatoms. The molecule has 0 fully saturated rings. The van der Waals surface area contributed by atoms with Crippen LogP contribution in [0.2, 0.25) is 0 Å². The molecule has 0 aliphatic carbocycles. The molecule has 0 aliphatic heterocycles. The molecule has 0 unspecified atom stereocenters. The third-order valence-corrected chi connectivity index (χ3v) is 1.85. The minimum atomic E-state index is -4.37. The molecule has 0 atom stereocenters. The van der Waals surface area contributed by atoms with Gasteiger partial charge < -0.3 is 4.84 Å². The Hall–Kier alpha value is -1.52. The SMILES string of the molecule is CON=C(C)c1ccccc1C(F)(F)F. The summed E-state index contributed by atoms with van der Waals surface area (Å²) in [6, 6.07) is 5.25. The average molecular weight is 217 g/mol. The quantitative estimate of drug-likeness (QED) is 0.551. The molecule has 0 aliphatic rings. The molecule has 15 heavy (non-hydrogen) atoms. The van der Waals surface area contributed by atoms with Crippen LogP contribution in [0.4, 0.5) is 13.2 Å². The average Bonchev–Trinajstić information content (AvgIpc) is 2.17. The Morgan fingerprint density at radius 3 is 2.40 bits per heavy atom. The predicted molar refractivity (Wildman–Crippen MR) is 50.7 cm³/mol. The van der Waals surface area contributed by atoms with Crippen LogP contribution < -0.4 is 0 Å². The van der Waals surface area contributed by atoms with Crippen molar-refractivity contribution in [3.8, 4) is 0 Å². The number of halogens is 3. The van der Waals surface area contributed by atoms with Gasteiger partial charge in [-0.1, -0.05) is 23.4 Å². The second-order valence-corrected chi connectivity index (χ2v) is 2.90. The molecule has 1 aromatic carbocycles. The van der Waals surface area contributed by atoms with Crippen LogP contribution in [-0.4, -0.2) is 12.8 Å². The van der Waals surface area contributed by atoms with Crippen molar-refractivity contribution >= 4 is 5.71 Å². The van der Waals surface area contributed by atoms with Crippen molar-refractivity contribution in [1.82, 2.24) is 0 Å². The van der Waals surface area contributed by atoms with Crippen LogP contribution in [-0.2, 0) is 11.0 Å². The molecule has 1 aromatic rings. The van der Waals surface area contributed by atoms with Crippen LogP contribution >= 0.6 is 0 Å². The third kappa shape index (κ3) is 2.71. The van der Waals surface area contributed by atoms with Crippen molar-refractivity contribution in [2.75, 3.05) is 7.11 Å². The summed E-state index contributed by atoms with van der Waals surface area (Å²) < 4.78 is 37.7. The van der Waals surface area contributed by atoms with Gasteiger partial charge in [0.2, 0.25) is 0 Å². The fraction of sp³-hybridized carbons (Fsp3) is 0.300. The zero-order chi connectivity index (χ0) is 11.5. The number of rotatable bonds is 2. The lowest BCUT2D eigenvalue weighted by Gasteiger charge is -2.11. The monoisotopic (exact) mass is 217 g/mol. The summed E-state index contributed by atoms with van der Waals surface area (Å²) >= 11 is 0. The standard InChI is InChI=1S/C10H10F3NO/c1-7(14-15-2)8-5-3-4-6-9(8)10(11,12)13/h3-6H,1-2H3. The van der Waals surface area contributed by atoms with E-state index >= 15 is 0 Å². The van der Waals surface area contributed by atoms with Crippen LogP contribution in [0.25, 0.3) is 0 Å². The molecule has 0 aromatic heterocycles. The Balaban J connectivity index is 3.24. The third-order valence-electron chi connectivity index (χ3n) is 1.85. The van der Waals surface area contributed by atoms with E-state index in [-0.39, 0.29) is 11.3 Å². The molecule has 1 rings (SSSR count). The summed E-state index contributed by atoms with van der Waals surface area (Å²) in [5, 5.41) is 3.49. The molecule has 0 spiro atoms. The van der Waals surface area contributed by atoms with Crippen molar-refractivity contribution < 1.29 is 18.0 Å². The van der Waals surface area contributed by atoms with Gasteiger partial charge in [0.15, 0.2) is 0 Å². The largest absolute Gasteiger partial charge is 0.417 e. The minimum Gasteiger partial charge on any atom is -0.399 e. The van der Waals surface area contributed by atoms with E-state index in [4.69, 9.17) is 0 Å². The van der Waals surface area contributed by atoms with Crippen molar-refractivity contribution in [2.45, 2.75) is 13.1 Å². The smallest absolute Gasteiger partial charge is 0.399 e. The maximum atomic E-state index is 12.6. The van der Waals surface area contributed by atoms with E-state index in [1.165, 1.54) is 32.2 Å². The first-order valence-electron chi connectivity index (χ1n) is 4.21. The topological polar surface area (TPSA) is 21.6 Å². The van der Waals surface area contributed by atoms with Crippen molar-refractivity contribution in [3.63, 3.8) is 0 Å². The Morgan fingerprint density at radius 2 is 1.87 bits per heavy atom. The van der Waals surface area contributed by atoms with Gasteiger partial charge in [-0.3, -0.25) is 0 Å². The molecule has 2 nitrogen and oxygen atoms in total. The number of hydrogen-bond acceptors (Lipinski definition) is 2. The summed E-state index contributed by atoms with van der Waals surface area (Å²) in [7, 11) is 1.29. The highest BCUT2D eigenvalue weighted by molar-refractivity contribution is 5.99. The van der Waals surface area contributed by atoms with E-state index in [0.717, 1.165) is 6.07 Å². The number of alkyl halides is 3. The second-order valence-electron chi connectivity index (χ2n) is 2.90. The molecule has 0 radical (unpaired) electrons. The summed E-state index contributed by atoms with van der Waals surface area (Å²) in [5.74, 6) is 0. The van der Waals surface area contributed by atoms with Crippen LogP contribution in [0.5, 0.6) is 0 Å². The summed E-state index contributed by atoms with van der Waals surface area (Å²) in [6.45, 7) is 1.47. The van der Waals surface area contributed by atoms with E-state index in [1.807, 2.05) is 0 Å². The summed E-state index contributed by atoms with van der Waals surface area (Å²) in [4.78, 5) is 4.45. The van der Waals surface area contributed by atoms with Gasteiger partial charge in [-0.05, 0) is 13.0 Å². The Labute approximate surface area is 85.4 Å². The number of oxime groups is 1. The van der Waals surface area contributed by atoms with Gasteiger partial charge in [-0.25, -0.2) is 0 Å². The van der Waals surface area contributed by atoms with E-state index < -0.39 is 11.7 Å². The van der Waals surface area contributed by atoms with Crippen LogP contribution in [0.3, 0.4) is 0 Å². The Kier molecular flexibility index (Phi) is 3.34. The first-order valence-corrected chi connectivity index (χ1v) is 4.21. The zero-order valence-corrected chi connectivity index (χ0v) is 8.30. The molecule has 0 saturated carbocycles. The highest BCUT2D eigenvalue weighted by Crippen LogP contribution is 2.32. The molecule has 0 N–H and O–H groups in total. The first-order chi connectivity index (χ1) is 6.96. The van der Waals surface area contributed by atoms with Crippen LogP contribution in [0.15, 0.2) is 29.4 Å². The van der Waals surface area contributed by atoms with Crippen molar-refractivity contribution in [3.05, 3.63) is 35.4 Å². The Morgan fingerprint density at radius 1 is 1.27 bits per heavy atom. The maximum absolute atomic E-state index is 12.6. The van der Waals surface area contributed by atoms with Gasteiger partial charge in [-0.15, -0.1) is 0 Å². The van der Waals surface area contributed by atoms with E-state index in [9.17, 15) is 13.2 Å². The molecule has 0 saturated heterocycles. The molecule has 0 heterocycles. The fourth-order valence-corrected chi connectivity index (χ4v) is 1.23. The highest BCUT2D eigenvalue weighted by Gasteiger charge is 2.33. The normalized spacial score (nSPS) is 12.7. The van der Waals surface area contributed by atoms with Gasteiger partial charge >= 0.3 is 6.18 Å². The van der Waals surface area contributed by atoms with E-state index in [0.29, 0.717) is 0 Å². The first kappa shape index (κ1) is 11.6. The van der Waals surface area contributed by atoms with Crippen LogP contribution in [0, 0.1) is 0 Å². The highest BCUT2D eigenvalue weighted by atomic mass is 19.4. The van der Waals surface area contributed by atoms with Crippen molar-refractivity contribution in [2.24, 2.45) is 5.16 Å². The van der Waals surface area contributed by atoms with Gasteiger partial charge in [-0.2, -0.15) is 13.2 Å². The second kappa shape index (κ2) is 4.33. The maximum Gasteiger partial charge on any atom is 0.417 e. The molecule has 0 bridgehead atoms. The lowest BCUT2D eigenvalue weighted by Crippen LogP contribution is -2.11. The lowest BCUT2D eigenvalue weighted by molar-refractivity contribution is -0.137. The summed E-state index contributed by atoms with van der Waals surface area (Å²) in [6.07, 6.45) is -4.37. The van der Waals surface area contributed by atoms with Gasteiger partial charge in [0, 0.05) is 5.56 Å². The van der Waals surface area contributed by atoms with Gasteiger partial charge in [0.05, 0.1) is 11.3 Å². The minimum absolute atomic E-state index is 0.0341. The summed E-state index contributed by atoms with van der Waals surface area (Å²) in [5.41, 5.74) is -0.472. The fourth-order valence-electron chi connectivity index (χ4n) is 1.23. The number of hydrogen-bond donors (Lipinski definition) is 0. The molecular weight excluding hydrogens is 207 g/mol. The van der Waals surface area contributed by atoms with E-state index in [2.05, 4.69) is 9.99 Å². The number of nitrogens with zero attached hydrogens (tertiary/aromatic N) is 1. The van der Waals surface area contributed by atoms with Crippen molar-refractivity contribution in [1.29, 1.82) is 0 Å². The Bertz CT molecular complexity index is 371. The zero-order valence-electron chi connectivity index (χ0n) is 8.30. The lowest BCUT2D eigenvalue weighted by atomic mass is 10.0. The van der Waals surface area contributed by atoms with Crippen LogP contribution in [0.1, 0.15) is 18.1 Å². The predicted octanol–water partition coefficient (Wildman–Crippen LogP) is 3.08. The molecule has 82 valence electrons. The molecule has 0 amide bonds. The molecular formula is C10H10F3NO. The van der Waals surface area contributed by atoms with E-state index in [1.54, 1.807) is 0 Å². The van der Waals surface area contributed by atoms with Gasteiger partial charge in [0.25, 0.3) is 0 Å².